The van der Waals surface area contributed by atoms with Crippen molar-refractivity contribution >= 4 is 56.3 Å². The third-order valence-electron chi connectivity index (χ3n) is 6.03. The first kappa shape index (κ1) is 21.9. The number of carbonyl (C=O) groups excluding carboxylic acids is 1. The summed E-state index contributed by atoms with van der Waals surface area (Å²) in [6, 6.07) is 16.9. The van der Waals surface area contributed by atoms with Gasteiger partial charge in [-0.15, -0.1) is 11.3 Å². The van der Waals surface area contributed by atoms with Gasteiger partial charge in [0, 0.05) is 15.8 Å². The van der Waals surface area contributed by atoms with Crippen LogP contribution < -0.4 is 5.32 Å². The molecule has 7 heteroatoms. The molecule has 0 saturated heterocycles. The number of aromatic nitrogens is 1. The summed E-state index contributed by atoms with van der Waals surface area (Å²) in [5.41, 5.74) is 4.27. The highest BCUT2D eigenvalue weighted by molar-refractivity contribution is 7.16. The van der Waals surface area contributed by atoms with Gasteiger partial charge in [0.15, 0.2) is 0 Å². The van der Waals surface area contributed by atoms with Gasteiger partial charge in [-0.3, -0.25) is 4.79 Å². The Bertz CT molecular complexity index is 1450. The Morgan fingerprint density at radius 1 is 1.18 bits per heavy atom. The average molecular weight is 492 g/mol. The lowest BCUT2D eigenvalue weighted by Gasteiger charge is -2.17. The predicted octanol–water partition coefficient (Wildman–Crippen LogP) is 7.52. The van der Waals surface area contributed by atoms with E-state index in [1.165, 1.54) is 16.2 Å². The molecule has 2 aromatic carbocycles. The van der Waals surface area contributed by atoms with Crippen LogP contribution in [0.3, 0.4) is 0 Å². The van der Waals surface area contributed by atoms with Crippen LogP contribution in [0, 0.1) is 17.2 Å². The molecule has 5 rings (SSSR count). The number of hydrogen-bond acceptors (Lipinski definition) is 4. The van der Waals surface area contributed by atoms with Gasteiger partial charge >= 0.3 is 0 Å². The van der Waals surface area contributed by atoms with Crippen molar-refractivity contribution in [2.75, 3.05) is 5.32 Å². The van der Waals surface area contributed by atoms with E-state index in [0.717, 1.165) is 35.8 Å². The lowest BCUT2D eigenvalue weighted by Crippen LogP contribution is -2.13. The summed E-state index contributed by atoms with van der Waals surface area (Å²) in [4.78, 5) is 19.4. The molecule has 0 bridgehead atoms. The van der Waals surface area contributed by atoms with E-state index in [0.29, 0.717) is 43.3 Å². The van der Waals surface area contributed by atoms with Gasteiger partial charge < -0.3 is 5.32 Å². The summed E-state index contributed by atoms with van der Waals surface area (Å²) in [5, 5.41) is 15.1. The number of amides is 1. The number of fused-ring (bicyclic) bond motifs is 2. The van der Waals surface area contributed by atoms with Crippen molar-refractivity contribution < 1.29 is 4.79 Å². The van der Waals surface area contributed by atoms with Crippen LogP contribution in [0.1, 0.15) is 39.7 Å². The topological polar surface area (TPSA) is 65.8 Å². The number of halogens is 2. The summed E-state index contributed by atoms with van der Waals surface area (Å²) >= 11 is 13.8. The summed E-state index contributed by atoms with van der Waals surface area (Å²) in [7, 11) is 0. The first-order chi connectivity index (χ1) is 15.9. The Balaban J connectivity index is 1.58. The van der Waals surface area contributed by atoms with Crippen LogP contribution in [-0.2, 0) is 12.8 Å². The molecular formula is C26H19Cl2N3OS. The molecule has 1 aliphatic carbocycles. The van der Waals surface area contributed by atoms with E-state index in [9.17, 15) is 10.1 Å². The second-order valence-corrected chi connectivity index (χ2v) is 10.2. The molecule has 4 nitrogen and oxygen atoms in total. The zero-order chi connectivity index (χ0) is 23.1. The lowest BCUT2D eigenvalue weighted by atomic mass is 9.88. The number of nitrogens with one attached hydrogen (secondary N) is 1. The third kappa shape index (κ3) is 4.11. The van der Waals surface area contributed by atoms with Crippen LogP contribution in [0.15, 0.2) is 48.5 Å². The first-order valence-corrected chi connectivity index (χ1v) is 12.2. The Hall–Kier alpha value is -2.91. The SMILES string of the molecule is CC1CCc2c(sc(NC(=O)c3cc(-c4ccc(Cl)c(Cl)c4)nc4ccccc34)c2C#N)C1. The number of thiophene rings is 1. The van der Waals surface area contributed by atoms with Gasteiger partial charge in [0.2, 0.25) is 0 Å². The smallest absolute Gasteiger partial charge is 0.257 e. The van der Waals surface area contributed by atoms with Crippen molar-refractivity contribution in [3.63, 3.8) is 0 Å². The number of pyridine rings is 1. The van der Waals surface area contributed by atoms with Gasteiger partial charge in [0.1, 0.15) is 11.1 Å². The molecule has 1 unspecified atom stereocenters. The van der Waals surface area contributed by atoms with E-state index in [4.69, 9.17) is 28.2 Å². The number of nitrogens with zero attached hydrogens (tertiary/aromatic N) is 2. The Morgan fingerprint density at radius 3 is 2.79 bits per heavy atom. The summed E-state index contributed by atoms with van der Waals surface area (Å²) in [6.07, 6.45) is 2.89. The molecule has 0 saturated carbocycles. The van der Waals surface area contributed by atoms with Gasteiger partial charge in [-0.1, -0.05) is 54.4 Å². The van der Waals surface area contributed by atoms with E-state index in [2.05, 4.69) is 18.3 Å². The van der Waals surface area contributed by atoms with Crippen LogP contribution in [0.25, 0.3) is 22.2 Å². The summed E-state index contributed by atoms with van der Waals surface area (Å²) in [5.74, 6) is 0.321. The number of rotatable bonds is 3. The molecule has 1 atom stereocenters. The molecule has 0 aliphatic heterocycles. The second kappa shape index (κ2) is 8.79. The number of hydrogen-bond donors (Lipinski definition) is 1. The van der Waals surface area contributed by atoms with E-state index < -0.39 is 0 Å². The molecule has 1 aliphatic rings. The predicted molar refractivity (Wildman–Crippen MR) is 135 cm³/mol. The van der Waals surface area contributed by atoms with E-state index in [1.807, 2.05) is 30.3 Å². The Kier molecular flexibility index (Phi) is 5.84. The largest absolute Gasteiger partial charge is 0.312 e. The van der Waals surface area contributed by atoms with Crippen LogP contribution in [-0.4, -0.2) is 10.9 Å². The number of para-hydroxylation sites is 1. The number of carbonyl (C=O) groups is 1. The normalized spacial score (nSPS) is 15.2. The Morgan fingerprint density at radius 2 is 2.00 bits per heavy atom. The fourth-order valence-electron chi connectivity index (χ4n) is 4.29. The standard InChI is InChI=1S/C26H19Cl2N3OS/c1-14-6-8-17-19(13-29)26(33-24(17)10-14)31-25(32)18-12-23(15-7-9-20(27)21(28)11-15)30-22-5-3-2-4-16(18)22/h2-5,7,9,11-12,14H,6,8,10H2,1H3,(H,31,32). The highest BCUT2D eigenvalue weighted by Gasteiger charge is 2.25. The minimum atomic E-state index is -0.266. The van der Waals surface area contributed by atoms with Gasteiger partial charge in [-0.25, -0.2) is 4.98 Å². The van der Waals surface area contributed by atoms with Crippen LogP contribution in [0.2, 0.25) is 10.0 Å². The van der Waals surface area contributed by atoms with Crippen molar-refractivity contribution in [3.05, 3.63) is 80.1 Å². The maximum absolute atomic E-state index is 13.5. The molecule has 2 heterocycles. The van der Waals surface area contributed by atoms with Gasteiger partial charge in [-0.2, -0.15) is 5.26 Å². The maximum Gasteiger partial charge on any atom is 0.257 e. The fourth-order valence-corrected chi connectivity index (χ4v) is 5.95. The molecule has 2 aromatic heterocycles. The van der Waals surface area contributed by atoms with Gasteiger partial charge in [-0.05, 0) is 55.0 Å². The van der Waals surface area contributed by atoms with E-state index in [-0.39, 0.29) is 5.91 Å². The first-order valence-electron chi connectivity index (χ1n) is 10.7. The van der Waals surface area contributed by atoms with Crippen molar-refractivity contribution in [2.24, 2.45) is 5.92 Å². The number of anilines is 1. The van der Waals surface area contributed by atoms with Crippen LogP contribution in [0.4, 0.5) is 5.00 Å². The minimum absolute atomic E-state index is 0.266. The van der Waals surface area contributed by atoms with E-state index >= 15 is 0 Å². The van der Waals surface area contributed by atoms with Crippen molar-refractivity contribution in [2.45, 2.75) is 26.2 Å². The molecular weight excluding hydrogens is 473 g/mol. The highest BCUT2D eigenvalue weighted by Crippen LogP contribution is 2.39. The van der Waals surface area contributed by atoms with E-state index in [1.54, 1.807) is 18.2 Å². The molecule has 0 spiro atoms. The van der Waals surface area contributed by atoms with Crippen LogP contribution in [0.5, 0.6) is 0 Å². The lowest BCUT2D eigenvalue weighted by molar-refractivity contribution is 0.102. The van der Waals surface area contributed by atoms with Crippen molar-refractivity contribution in [3.8, 4) is 17.3 Å². The highest BCUT2D eigenvalue weighted by atomic mass is 35.5. The number of benzene rings is 2. The van der Waals surface area contributed by atoms with Crippen molar-refractivity contribution in [1.29, 1.82) is 5.26 Å². The molecule has 4 aromatic rings. The van der Waals surface area contributed by atoms with Gasteiger partial charge in [0.25, 0.3) is 5.91 Å². The van der Waals surface area contributed by atoms with Crippen molar-refractivity contribution in [1.82, 2.24) is 4.98 Å². The molecule has 0 radical (unpaired) electrons. The molecule has 164 valence electrons. The zero-order valence-electron chi connectivity index (χ0n) is 17.8. The van der Waals surface area contributed by atoms with Crippen LogP contribution >= 0.6 is 34.5 Å². The maximum atomic E-state index is 13.5. The molecule has 1 amide bonds. The monoisotopic (exact) mass is 491 g/mol. The average Bonchev–Trinajstić information content (AvgIpc) is 3.15. The zero-order valence-corrected chi connectivity index (χ0v) is 20.1. The Labute approximate surface area is 205 Å². The molecule has 1 N–H and O–H groups in total. The fraction of sp³-hybridized carbons (Fsp3) is 0.192. The minimum Gasteiger partial charge on any atom is -0.312 e. The summed E-state index contributed by atoms with van der Waals surface area (Å²) in [6.45, 7) is 2.22. The second-order valence-electron chi connectivity index (χ2n) is 8.32. The van der Waals surface area contributed by atoms with Gasteiger partial charge in [0.05, 0.1) is 32.4 Å². The third-order valence-corrected chi connectivity index (χ3v) is 7.94. The number of nitriles is 1. The molecule has 0 fully saturated rings. The quantitative estimate of drug-likeness (QED) is 0.322. The summed E-state index contributed by atoms with van der Waals surface area (Å²) < 4.78 is 0. The molecule has 33 heavy (non-hydrogen) atoms.